The summed E-state index contributed by atoms with van der Waals surface area (Å²) >= 11 is 0. The molecule has 1 aliphatic rings. The monoisotopic (exact) mass is 238 g/mol. The highest BCUT2D eigenvalue weighted by Crippen LogP contribution is 2.35. The van der Waals surface area contributed by atoms with Crippen LogP contribution in [0.15, 0.2) is 0 Å². The second kappa shape index (κ2) is 7.82. The maximum Gasteiger partial charge on any atom is 0.331 e. The first kappa shape index (κ1) is 14.6. The zero-order valence-corrected chi connectivity index (χ0v) is 10.8. The first-order chi connectivity index (χ1) is 7.06. The van der Waals surface area contributed by atoms with Gasteiger partial charge in [-0.3, -0.25) is 0 Å². The molecule has 0 radical (unpaired) electrons. The number of hydrogen-bond donors (Lipinski definition) is 0. The van der Waals surface area contributed by atoms with Crippen LogP contribution in [0.4, 0.5) is 4.79 Å². The fourth-order valence-corrected chi connectivity index (χ4v) is 1.45. The Balaban J connectivity index is 0.000000265. The van der Waals surface area contributed by atoms with Gasteiger partial charge in [-0.15, -0.1) is 0 Å². The maximum atomic E-state index is 10.8. The molecule has 0 saturated carbocycles. The van der Waals surface area contributed by atoms with Gasteiger partial charge in [0.2, 0.25) is 0 Å². The summed E-state index contributed by atoms with van der Waals surface area (Å²) < 4.78 is 14.0. The van der Waals surface area contributed by atoms with Crippen LogP contribution in [0.1, 0.15) is 0 Å². The van der Waals surface area contributed by atoms with Gasteiger partial charge >= 0.3 is 14.6 Å². The first-order valence-electron chi connectivity index (χ1n) is 4.45. The van der Waals surface area contributed by atoms with Gasteiger partial charge in [0, 0.05) is 48.5 Å². The Morgan fingerprint density at radius 3 is 1.40 bits per heavy atom. The predicted octanol–water partition coefficient (Wildman–Crippen LogP) is 1.14. The number of amides is 2. The molecule has 0 aromatic rings. The maximum absolute atomic E-state index is 10.8. The second-order valence-corrected chi connectivity index (χ2v) is 4.44. The summed E-state index contributed by atoms with van der Waals surface area (Å²) in [5.41, 5.74) is 0. The lowest BCUT2D eigenvalue weighted by molar-refractivity contribution is 0.205. The molecule has 0 N–H and O–H groups in total. The topological polar surface area (TPSA) is 51.2 Å². The van der Waals surface area contributed by atoms with Crippen molar-refractivity contribution in [1.82, 2.24) is 9.80 Å². The van der Waals surface area contributed by atoms with E-state index in [1.807, 2.05) is 14.1 Å². The fraction of sp³-hybridized carbons (Fsp3) is 0.875. The average molecular weight is 238 g/mol. The summed E-state index contributed by atoms with van der Waals surface area (Å²) in [5, 5.41) is 0. The second-order valence-electron chi connectivity index (χ2n) is 2.90. The lowest BCUT2D eigenvalue weighted by Gasteiger charge is -2.07. The zero-order valence-electron chi connectivity index (χ0n) is 9.89. The molecule has 1 fully saturated rings. The van der Waals surface area contributed by atoms with Crippen LogP contribution >= 0.6 is 8.60 Å². The van der Waals surface area contributed by atoms with E-state index in [0.717, 1.165) is 13.1 Å². The number of nitrogens with zero attached hydrogens (tertiary/aromatic N) is 2. The van der Waals surface area contributed by atoms with Gasteiger partial charge in [-0.2, -0.15) is 0 Å². The lowest BCUT2D eigenvalue weighted by atomic mass is 10.6. The molecule has 2 amide bonds. The molecule has 0 aromatic heterocycles. The van der Waals surface area contributed by atoms with E-state index in [1.54, 1.807) is 31.1 Å². The molecule has 0 atom stereocenters. The Morgan fingerprint density at radius 2 is 1.33 bits per heavy atom. The molecule has 0 aromatic carbocycles. The van der Waals surface area contributed by atoms with Crippen molar-refractivity contribution in [2.75, 3.05) is 48.5 Å². The number of hydrogen-bond acceptors (Lipinski definition) is 4. The van der Waals surface area contributed by atoms with E-state index >= 15 is 0 Å². The minimum absolute atomic E-state index is 0.130. The summed E-state index contributed by atoms with van der Waals surface area (Å²) in [6.07, 6.45) is 0. The largest absolute Gasteiger partial charge is 0.331 e. The van der Waals surface area contributed by atoms with Crippen molar-refractivity contribution in [2.24, 2.45) is 0 Å². The Hall–Kier alpha value is -0.420. The van der Waals surface area contributed by atoms with Crippen molar-refractivity contribution in [3.8, 4) is 0 Å². The van der Waals surface area contributed by atoms with Gasteiger partial charge in [-0.25, -0.2) is 4.79 Å². The lowest BCUT2D eigenvalue weighted by Crippen LogP contribution is -2.25. The van der Waals surface area contributed by atoms with Gasteiger partial charge in [0.15, 0.2) is 0 Å². The average Bonchev–Trinajstić information content (AvgIpc) is 2.53. The fourth-order valence-electron chi connectivity index (χ4n) is 1.01. The summed E-state index contributed by atoms with van der Waals surface area (Å²) in [6.45, 7) is 1.74. The third-order valence-corrected chi connectivity index (χ3v) is 2.77. The van der Waals surface area contributed by atoms with Crippen LogP contribution in [0.2, 0.25) is 0 Å². The smallest absolute Gasteiger partial charge is 0.326 e. The van der Waals surface area contributed by atoms with E-state index in [2.05, 4.69) is 13.6 Å². The van der Waals surface area contributed by atoms with Crippen molar-refractivity contribution in [3.63, 3.8) is 0 Å². The quantitative estimate of drug-likeness (QED) is 0.692. The standard InChI is InChI=1S/C5H10N2O.C3H9O3P/c1-6-3-4-7(2)5(6)8;1-4-7(5-2)6-3/h3-4H2,1-2H3;1-3H3. The van der Waals surface area contributed by atoms with E-state index in [9.17, 15) is 4.79 Å². The Bertz CT molecular complexity index is 172. The molecule has 0 unspecified atom stereocenters. The third kappa shape index (κ3) is 5.28. The summed E-state index contributed by atoms with van der Waals surface area (Å²) in [7, 11) is 7.19. The highest BCUT2D eigenvalue weighted by Gasteiger charge is 2.20. The molecular formula is C8H19N2O4P. The van der Waals surface area contributed by atoms with Gasteiger partial charge in [-0.05, 0) is 0 Å². The SMILES string of the molecule is CN1CCN(C)C1=O.COP(OC)OC. The van der Waals surface area contributed by atoms with E-state index in [4.69, 9.17) is 0 Å². The number of carbonyl (C=O) groups excluding carboxylic acids is 1. The predicted molar refractivity (Wildman–Crippen MR) is 58.6 cm³/mol. The molecule has 1 heterocycles. The molecule has 15 heavy (non-hydrogen) atoms. The molecule has 1 saturated heterocycles. The number of rotatable bonds is 3. The zero-order chi connectivity index (χ0) is 11.8. The van der Waals surface area contributed by atoms with Crippen molar-refractivity contribution in [2.45, 2.75) is 0 Å². The van der Waals surface area contributed by atoms with Crippen molar-refractivity contribution in [3.05, 3.63) is 0 Å². The molecule has 7 heteroatoms. The number of urea groups is 1. The van der Waals surface area contributed by atoms with E-state index in [-0.39, 0.29) is 6.03 Å². The molecule has 0 spiro atoms. The first-order valence-corrected chi connectivity index (χ1v) is 5.55. The van der Waals surface area contributed by atoms with Crippen LogP contribution < -0.4 is 0 Å². The summed E-state index contributed by atoms with van der Waals surface area (Å²) in [4.78, 5) is 14.2. The van der Waals surface area contributed by atoms with Crippen LogP contribution in [0.5, 0.6) is 0 Å². The van der Waals surface area contributed by atoms with Crippen LogP contribution in [0, 0.1) is 0 Å². The highest BCUT2D eigenvalue weighted by molar-refractivity contribution is 7.41. The molecular weight excluding hydrogens is 219 g/mol. The Kier molecular flexibility index (Phi) is 7.60. The highest BCUT2D eigenvalue weighted by atomic mass is 31.2. The number of carbonyl (C=O) groups is 1. The minimum Gasteiger partial charge on any atom is -0.326 e. The summed E-state index contributed by atoms with van der Waals surface area (Å²) in [5.74, 6) is 0. The molecule has 0 bridgehead atoms. The van der Waals surface area contributed by atoms with Gasteiger partial charge in [0.05, 0.1) is 0 Å². The molecule has 90 valence electrons. The van der Waals surface area contributed by atoms with Crippen molar-refractivity contribution < 1.29 is 18.4 Å². The third-order valence-electron chi connectivity index (χ3n) is 1.87. The van der Waals surface area contributed by atoms with E-state index < -0.39 is 8.60 Å². The van der Waals surface area contributed by atoms with Crippen LogP contribution in [0.3, 0.4) is 0 Å². The van der Waals surface area contributed by atoms with Gasteiger partial charge in [-0.1, -0.05) is 0 Å². The van der Waals surface area contributed by atoms with Crippen LogP contribution in [-0.4, -0.2) is 64.3 Å². The minimum atomic E-state index is -1.05. The normalized spacial score (nSPS) is 15.7. The molecule has 6 nitrogen and oxygen atoms in total. The Labute approximate surface area is 92.1 Å². The van der Waals surface area contributed by atoms with Crippen LogP contribution in [0.25, 0.3) is 0 Å². The molecule has 0 aliphatic carbocycles. The summed E-state index contributed by atoms with van der Waals surface area (Å²) in [6, 6.07) is 0.130. The van der Waals surface area contributed by atoms with Crippen molar-refractivity contribution in [1.29, 1.82) is 0 Å². The van der Waals surface area contributed by atoms with Gasteiger partial charge < -0.3 is 23.4 Å². The van der Waals surface area contributed by atoms with E-state index in [1.165, 1.54) is 0 Å². The van der Waals surface area contributed by atoms with Gasteiger partial charge in [0.1, 0.15) is 0 Å². The van der Waals surface area contributed by atoms with E-state index in [0.29, 0.717) is 0 Å². The Morgan fingerprint density at radius 1 is 1.00 bits per heavy atom. The molecule has 1 rings (SSSR count). The van der Waals surface area contributed by atoms with Crippen molar-refractivity contribution >= 4 is 14.6 Å². The molecule has 1 aliphatic heterocycles. The number of likely N-dealkylation sites (N-methyl/N-ethyl adjacent to an activating group) is 2. The van der Waals surface area contributed by atoms with Gasteiger partial charge in [0.25, 0.3) is 0 Å². The van der Waals surface area contributed by atoms with Crippen LogP contribution in [-0.2, 0) is 13.6 Å².